The zero-order valence-electron chi connectivity index (χ0n) is 11.3. The summed E-state index contributed by atoms with van der Waals surface area (Å²) in [6, 6.07) is 6.47. The summed E-state index contributed by atoms with van der Waals surface area (Å²) in [5.41, 5.74) is -0.366. The van der Waals surface area contributed by atoms with Gasteiger partial charge in [0.05, 0.1) is 11.1 Å². The smallest absolute Gasteiger partial charge is 0.417 e. The molecule has 0 spiro atoms. The molecule has 0 atom stereocenters. The summed E-state index contributed by atoms with van der Waals surface area (Å²) in [4.78, 5) is 7.82. The number of aromatic hydroxyl groups is 1. The molecule has 0 unspecified atom stereocenters. The lowest BCUT2D eigenvalue weighted by Crippen LogP contribution is -2.05. The van der Waals surface area contributed by atoms with E-state index < -0.39 is 11.7 Å². The largest absolute Gasteiger partial charge is 0.507 e. The summed E-state index contributed by atoms with van der Waals surface area (Å²) in [7, 11) is 0. The summed E-state index contributed by atoms with van der Waals surface area (Å²) < 4.78 is 37.5. The molecule has 3 aromatic rings. The van der Waals surface area contributed by atoms with Gasteiger partial charge in [0.25, 0.3) is 0 Å². The molecule has 0 saturated carbocycles. The highest BCUT2D eigenvalue weighted by molar-refractivity contribution is 6.30. The van der Waals surface area contributed by atoms with E-state index in [0.29, 0.717) is 16.8 Å². The van der Waals surface area contributed by atoms with Gasteiger partial charge in [0.1, 0.15) is 11.4 Å². The van der Waals surface area contributed by atoms with Crippen molar-refractivity contribution < 1.29 is 18.3 Å². The number of halogens is 4. The summed E-state index contributed by atoms with van der Waals surface area (Å²) in [5.74, 6) is 0.271. The van der Waals surface area contributed by atoms with Crippen molar-refractivity contribution in [1.82, 2.24) is 20.2 Å². The van der Waals surface area contributed by atoms with Gasteiger partial charge in [0.2, 0.25) is 0 Å². The minimum Gasteiger partial charge on any atom is -0.507 e. The van der Waals surface area contributed by atoms with Crippen LogP contribution in [0.15, 0.2) is 36.5 Å². The molecule has 118 valence electrons. The molecule has 2 aromatic heterocycles. The Morgan fingerprint density at radius 3 is 2.57 bits per heavy atom. The number of benzene rings is 1. The first-order valence-electron chi connectivity index (χ1n) is 6.29. The maximum atomic E-state index is 12.5. The average molecular weight is 341 g/mol. The zero-order chi connectivity index (χ0) is 16.6. The maximum Gasteiger partial charge on any atom is 0.417 e. The molecule has 0 aliphatic carbocycles. The quantitative estimate of drug-likeness (QED) is 0.741. The number of hydrogen-bond donors (Lipinski definition) is 2. The molecule has 3 rings (SSSR count). The Morgan fingerprint density at radius 1 is 1.13 bits per heavy atom. The third-order valence-electron chi connectivity index (χ3n) is 3.02. The number of nitrogens with zero attached hydrogens (tertiary/aromatic N) is 3. The predicted octanol–water partition coefficient (Wildman–Crippen LogP) is 3.91. The molecule has 0 radical (unpaired) electrons. The lowest BCUT2D eigenvalue weighted by Gasteiger charge is -2.05. The number of H-pyrrole nitrogens is 1. The topological polar surface area (TPSA) is 74.7 Å². The van der Waals surface area contributed by atoms with Crippen LogP contribution in [0.25, 0.3) is 22.9 Å². The van der Waals surface area contributed by atoms with Gasteiger partial charge in [-0.25, -0.2) is 4.98 Å². The molecule has 5 nitrogen and oxygen atoms in total. The number of phenols is 1. The molecule has 0 fully saturated rings. The molecule has 0 bridgehead atoms. The Kier molecular flexibility index (Phi) is 3.69. The Hall–Kier alpha value is -2.61. The van der Waals surface area contributed by atoms with Crippen molar-refractivity contribution in [2.24, 2.45) is 0 Å². The highest BCUT2D eigenvalue weighted by atomic mass is 35.5. The van der Waals surface area contributed by atoms with Gasteiger partial charge < -0.3 is 5.11 Å². The second-order valence-electron chi connectivity index (χ2n) is 4.60. The molecule has 2 N–H and O–H groups in total. The minimum atomic E-state index is -4.46. The molecular weight excluding hydrogens is 333 g/mol. The van der Waals surface area contributed by atoms with Crippen molar-refractivity contribution in [3.05, 3.63) is 47.1 Å². The van der Waals surface area contributed by atoms with Gasteiger partial charge in [-0.15, -0.1) is 0 Å². The summed E-state index contributed by atoms with van der Waals surface area (Å²) >= 11 is 5.86. The van der Waals surface area contributed by atoms with Gasteiger partial charge in [0, 0.05) is 11.2 Å². The number of phenolic OH excluding ortho intramolecular Hbond substituents is 1. The van der Waals surface area contributed by atoms with E-state index >= 15 is 0 Å². The number of nitrogens with one attached hydrogen (secondary N) is 1. The Balaban J connectivity index is 1.94. The van der Waals surface area contributed by atoms with Crippen LogP contribution in [0.4, 0.5) is 13.2 Å². The number of aromatic nitrogens is 4. The van der Waals surface area contributed by atoms with Gasteiger partial charge in [-0.2, -0.15) is 18.3 Å². The van der Waals surface area contributed by atoms with Crippen LogP contribution < -0.4 is 0 Å². The number of hydrogen-bond acceptors (Lipinski definition) is 4. The SMILES string of the molecule is Oc1ccc(Cl)cc1-c1nc(-c2ccc(C(F)(F)F)cn2)n[nH]1. The third-order valence-corrected chi connectivity index (χ3v) is 3.25. The van der Waals surface area contributed by atoms with Crippen molar-refractivity contribution >= 4 is 11.6 Å². The summed E-state index contributed by atoms with van der Waals surface area (Å²) in [5, 5.41) is 16.7. The lowest BCUT2D eigenvalue weighted by molar-refractivity contribution is -0.137. The van der Waals surface area contributed by atoms with Crippen molar-refractivity contribution in [2.45, 2.75) is 6.18 Å². The Labute approximate surface area is 132 Å². The van der Waals surface area contributed by atoms with Crippen LogP contribution in [-0.2, 0) is 6.18 Å². The molecule has 0 saturated heterocycles. The van der Waals surface area contributed by atoms with E-state index in [4.69, 9.17) is 11.6 Å². The first kappa shape index (κ1) is 15.3. The van der Waals surface area contributed by atoms with Crippen LogP contribution in [0.1, 0.15) is 5.56 Å². The van der Waals surface area contributed by atoms with Gasteiger partial charge >= 0.3 is 6.18 Å². The zero-order valence-corrected chi connectivity index (χ0v) is 12.0. The van der Waals surface area contributed by atoms with Crippen LogP contribution in [0, 0.1) is 0 Å². The van der Waals surface area contributed by atoms with Gasteiger partial charge in [-0.1, -0.05) is 11.6 Å². The fraction of sp³-hybridized carbons (Fsp3) is 0.0714. The maximum absolute atomic E-state index is 12.5. The second kappa shape index (κ2) is 5.54. The van der Waals surface area contributed by atoms with Crippen molar-refractivity contribution in [2.75, 3.05) is 0 Å². The predicted molar refractivity (Wildman–Crippen MR) is 76.7 cm³/mol. The molecule has 23 heavy (non-hydrogen) atoms. The molecule has 0 aliphatic heterocycles. The first-order chi connectivity index (χ1) is 10.8. The first-order valence-corrected chi connectivity index (χ1v) is 6.67. The molecule has 0 aliphatic rings. The van der Waals surface area contributed by atoms with E-state index in [1.54, 1.807) is 0 Å². The van der Waals surface area contributed by atoms with Crippen molar-refractivity contribution in [3.8, 4) is 28.7 Å². The van der Waals surface area contributed by atoms with E-state index in [0.717, 1.165) is 6.07 Å². The number of pyridine rings is 1. The second-order valence-corrected chi connectivity index (χ2v) is 5.04. The van der Waals surface area contributed by atoms with E-state index in [1.165, 1.54) is 24.3 Å². The van der Waals surface area contributed by atoms with E-state index in [9.17, 15) is 18.3 Å². The van der Waals surface area contributed by atoms with E-state index in [2.05, 4.69) is 20.2 Å². The fourth-order valence-corrected chi connectivity index (χ4v) is 2.06. The fourth-order valence-electron chi connectivity index (χ4n) is 1.89. The minimum absolute atomic E-state index is 0.0579. The summed E-state index contributed by atoms with van der Waals surface area (Å²) in [6.07, 6.45) is -3.75. The van der Waals surface area contributed by atoms with Crippen LogP contribution in [0.5, 0.6) is 5.75 Å². The lowest BCUT2D eigenvalue weighted by atomic mass is 10.2. The molecule has 1 aromatic carbocycles. The normalized spacial score (nSPS) is 11.7. The third kappa shape index (κ3) is 3.11. The van der Waals surface area contributed by atoms with Crippen LogP contribution in [-0.4, -0.2) is 25.3 Å². The van der Waals surface area contributed by atoms with E-state index in [-0.39, 0.29) is 23.1 Å². The van der Waals surface area contributed by atoms with Gasteiger partial charge in [0.15, 0.2) is 11.6 Å². The van der Waals surface area contributed by atoms with E-state index in [1.807, 2.05) is 0 Å². The number of aromatic amines is 1. The standard InChI is InChI=1S/C14H8ClF3N4O/c15-8-2-4-11(23)9(5-8)12-20-13(22-21-12)10-3-1-7(6-19-10)14(16,17)18/h1-6,23H,(H,20,21,22). The van der Waals surface area contributed by atoms with Crippen LogP contribution in [0.3, 0.4) is 0 Å². The van der Waals surface area contributed by atoms with Crippen molar-refractivity contribution in [1.29, 1.82) is 0 Å². The van der Waals surface area contributed by atoms with Gasteiger partial charge in [-0.3, -0.25) is 10.1 Å². The molecule has 9 heteroatoms. The highest BCUT2D eigenvalue weighted by Crippen LogP contribution is 2.31. The van der Waals surface area contributed by atoms with Crippen LogP contribution in [0.2, 0.25) is 5.02 Å². The number of rotatable bonds is 2. The van der Waals surface area contributed by atoms with Crippen LogP contribution >= 0.6 is 11.6 Å². The molecular formula is C14H8ClF3N4O. The molecule has 2 heterocycles. The monoisotopic (exact) mass is 340 g/mol. The Morgan fingerprint density at radius 2 is 1.91 bits per heavy atom. The Bertz CT molecular complexity index is 846. The highest BCUT2D eigenvalue weighted by Gasteiger charge is 2.30. The number of alkyl halides is 3. The summed E-state index contributed by atoms with van der Waals surface area (Å²) in [6.45, 7) is 0. The van der Waals surface area contributed by atoms with Gasteiger partial charge in [-0.05, 0) is 30.3 Å². The van der Waals surface area contributed by atoms with Crippen molar-refractivity contribution in [3.63, 3.8) is 0 Å². The molecule has 0 amide bonds. The average Bonchev–Trinajstić information content (AvgIpc) is 2.99.